The lowest BCUT2D eigenvalue weighted by molar-refractivity contribution is 0.106. The Morgan fingerprint density at radius 2 is 2.09 bits per heavy atom. The normalized spacial score (nSPS) is 50.7. The molecule has 0 radical (unpaired) electrons. The Hall–Kier alpha value is -0.0400. The van der Waals surface area contributed by atoms with Crippen molar-refractivity contribution < 1.29 is 4.74 Å². The van der Waals surface area contributed by atoms with Crippen molar-refractivity contribution in [1.82, 2.24) is 0 Å². The van der Waals surface area contributed by atoms with Crippen LogP contribution in [0.3, 0.4) is 0 Å². The quantitative estimate of drug-likeness (QED) is 0.521. The predicted molar refractivity (Wildman–Crippen MR) is 45.5 cm³/mol. The first-order valence-electron chi connectivity index (χ1n) is 4.82. The first-order chi connectivity index (χ1) is 5.20. The summed E-state index contributed by atoms with van der Waals surface area (Å²) in [4.78, 5) is 0. The van der Waals surface area contributed by atoms with Crippen molar-refractivity contribution in [2.75, 3.05) is 6.61 Å². The lowest BCUT2D eigenvalue weighted by Gasteiger charge is -2.19. The largest absolute Gasteiger partial charge is 0.378 e. The van der Waals surface area contributed by atoms with E-state index in [1.165, 1.54) is 25.7 Å². The summed E-state index contributed by atoms with van der Waals surface area (Å²) in [5, 5.41) is 0. The van der Waals surface area contributed by atoms with Crippen LogP contribution in [-0.2, 0) is 4.74 Å². The van der Waals surface area contributed by atoms with Gasteiger partial charge in [0.1, 0.15) is 0 Å². The molecule has 3 unspecified atom stereocenters. The number of hydrogen-bond acceptors (Lipinski definition) is 1. The smallest absolute Gasteiger partial charge is 0.0553 e. The summed E-state index contributed by atoms with van der Waals surface area (Å²) in [5.41, 5.74) is 0.610. The summed E-state index contributed by atoms with van der Waals surface area (Å²) >= 11 is 0. The average molecular weight is 154 g/mol. The molecule has 1 aliphatic heterocycles. The lowest BCUT2D eigenvalue weighted by atomic mass is 9.83. The maximum atomic E-state index is 5.64. The molecular formula is C10H18O. The van der Waals surface area contributed by atoms with Gasteiger partial charge in [-0.15, -0.1) is 0 Å². The summed E-state index contributed by atoms with van der Waals surface area (Å²) in [7, 11) is 0. The lowest BCUT2D eigenvalue weighted by Crippen LogP contribution is -2.16. The molecule has 1 heterocycles. The maximum Gasteiger partial charge on any atom is 0.0553 e. The summed E-state index contributed by atoms with van der Waals surface area (Å²) in [6, 6.07) is 0. The molecular weight excluding hydrogens is 136 g/mol. The molecule has 2 rings (SSSR count). The van der Waals surface area contributed by atoms with Gasteiger partial charge in [0.2, 0.25) is 0 Å². The van der Waals surface area contributed by atoms with Crippen molar-refractivity contribution in [2.24, 2.45) is 11.3 Å². The fourth-order valence-corrected chi connectivity index (χ4v) is 2.86. The van der Waals surface area contributed by atoms with Crippen LogP contribution >= 0.6 is 0 Å². The van der Waals surface area contributed by atoms with Crippen LogP contribution in [0.1, 0.15) is 39.5 Å². The van der Waals surface area contributed by atoms with E-state index in [9.17, 15) is 0 Å². The molecule has 0 N–H and O–H groups in total. The van der Waals surface area contributed by atoms with Crippen molar-refractivity contribution in [3.8, 4) is 0 Å². The van der Waals surface area contributed by atoms with Gasteiger partial charge in [-0.05, 0) is 37.5 Å². The van der Waals surface area contributed by atoms with Gasteiger partial charge in [-0.3, -0.25) is 0 Å². The Morgan fingerprint density at radius 1 is 1.27 bits per heavy atom. The van der Waals surface area contributed by atoms with Crippen LogP contribution in [0.4, 0.5) is 0 Å². The second kappa shape index (κ2) is 2.48. The van der Waals surface area contributed by atoms with Gasteiger partial charge in [0.05, 0.1) is 12.7 Å². The fraction of sp³-hybridized carbons (Fsp3) is 1.00. The minimum atomic E-state index is 0.528. The summed E-state index contributed by atoms with van der Waals surface area (Å²) in [6.07, 6.45) is 6.10. The zero-order chi connectivity index (χ0) is 7.90. The Balaban J connectivity index is 2.02. The Morgan fingerprint density at radius 3 is 2.55 bits per heavy atom. The molecule has 0 aromatic rings. The Bertz CT molecular complexity index is 135. The molecule has 64 valence electrons. The number of ether oxygens (including phenoxy) is 1. The van der Waals surface area contributed by atoms with E-state index in [1.54, 1.807) is 0 Å². The maximum absolute atomic E-state index is 5.64. The van der Waals surface area contributed by atoms with E-state index in [0.717, 1.165) is 12.5 Å². The third-order valence-corrected chi connectivity index (χ3v) is 3.34. The van der Waals surface area contributed by atoms with Gasteiger partial charge in [-0.25, -0.2) is 0 Å². The van der Waals surface area contributed by atoms with Gasteiger partial charge >= 0.3 is 0 Å². The molecule has 1 heteroatoms. The molecule has 0 aromatic carbocycles. The van der Waals surface area contributed by atoms with E-state index in [0.29, 0.717) is 11.5 Å². The molecule has 11 heavy (non-hydrogen) atoms. The summed E-state index contributed by atoms with van der Waals surface area (Å²) in [5.74, 6) is 0.948. The van der Waals surface area contributed by atoms with Crippen molar-refractivity contribution in [3.63, 3.8) is 0 Å². The number of rotatable bonds is 0. The first kappa shape index (κ1) is 7.60. The highest BCUT2D eigenvalue weighted by Crippen LogP contribution is 2.48. The first-order valence-corrected chi connectivity index (χ1v) is 4.82. The Labute approximate surface area is 69.1 Å². The zero-order valence-corrected chi connectivity index (χ0v) is 7.60. The van der Waals surface area contributed by atoms with E-state index in [-0.39, 0.29) is 0 Å². The molecule has 3 atom stereocenters. The van der Waals surface area contributed by atoms with Gasteiger partial charge in [0.15, 0.2) is 0 Å². The average Bonchev–Trinajstić information content (AvgIpc) is 2.44. The van der Waals surface area contributed by atoms with Crippen LogP contribution in [-0.4, -0.2) is 12.7 Å². The minimum Gasteiger partial charge on any atom is -0.378 e. The van der Waals surface area contributed by atoms with Crippen molar-refractivity contribution >= 4 is 0 Å². The fourth-order valence-electron chi connectivity index (χ4n) is 2.86. The van der Waals surface area contributed by atoms with E-state index in [4.69, 9.17) is 4.74 Å². The molecule has 0 aromatic heterocycles. The molecule has 0 amide bonds. The molecule has 2 fully saturated rings. The topological polar surface area (TPSA) is 9.23 Å². The van der Waals surface area contributed by atoms with E-state index >= 15 is 0 Å². The molecule has 2 aliphatic rings. The van der Waals surface area contributed by atoms with Gasteiger partial charge in [-0.2, -0.15) is 0 Å². The standard InChI is InChI=1S/C10H18O/c1-8-3-4-10(5-8)6-9(2)11-7-10/h8-9H,3-7H2,1-2H3. The molecule has 0 bridgehead atoms. The minimum absolute atomic E-state index is 0.528. The molecule has 1 saturated carbocycles. The summed E-state index contributed by atoms with van der Waals surface area (Å²) in [6.45, 7) is 5.62. The van der Waals surface area contributed by atoms with Crippen LogP contribution in [0.25, 0.3) is 0 Å². The van der Waals surface area contributed by atoms with Gasteiger partial charge in [0, 0.05) is 0 Å². The van der Waals surface area contributed by atoms with Crippen molar-refractivity contribution in [2.45, 2.75) is 45.6 Å². The van der Waals surface area contributed by atoms with E-state index in [1.807, 2.05) is 0 Å². The second-order valence-electron chi connectivity index (χ2n) is 4.67. The SMILES string of the molecule is CC1CCC2(COC(C)C2)C1. The van der Waals surface area contributed by atoms with Crippen LogP contribution in [0.15, 0.2) is 0 Å². The molecule has 1 aliphatic carbocycles. The van der Waals surface area contributed by atoms with Crippen LogP contribution in [0.2, 0.25) is 0 Å². The third kappa shape index (κ3) is 1.31. The highest BCUT2D eigenvalue weighted by Gasteiger charge is 2.42. The molecule has 1 spiro atoms. The highest BCUT2D eigenvalue weighted by atomic mass is 16.5. The van der Waals surface area contributed by atoms with Crippen LogP contribution < -0.4 is 0 Å². The van der Waals surface area contributed by atoms with Crippen molar-refractivity contribution in [1.29, 1.82) is 0 Å². The van der Waals surface area contributed by atoms with E-state index < -0.39 is 0 Å². The van der Waals surface area contributed by atoms with Gasteiger partial charge < -0.3 is 4.74 Å². The van der Waals surface area contributed by atoms with Gasteiger partial charge in [0.25, 0.3) is 0 Å². The van der Waals surface area contributed by atoms with Crippen molar-refractivity contribution in [3.05, 3.63) is 0 Å². The molecule has 1 nitrogen and oxygen atoms in total. The third-order valence-electron chi connectivity index (χ3n) is 3.34. The highest BCUT2D eigenvalue weighted by molar-refractivity contribution is 4.92. The predicted octanol–water partition coefficient (Wildman–Crippen LogP) is 2.60. The second-order valence-corrected chi connectivity index (χ2v) is 4.67. The zero-order valence-electron chi connectivity index (χ0n) is 7.60. The van der Waals surface area contributed by atoms with Gasteiger partial charge in [-0.1, -0.05) is 13.3 Å². The Kier molecular flexibility index (Phi) is 1.71. The number of hydrogen-bond donors (Lipinski definition) is 0. The van der Waals surface area contributed by atoms with Crippen LogP contribution in [0.5, 0.6) is 0 Å². The van der Waals surface area contributed by atoms with E-state index in [2.05, 4.69) is 13.8 Å². The molecule has 1 saturated heterocycles. The summed E-state index contributed by atoms with van der Waals surface area (Å²) < 4.78 is 5.64. The monoisotopic (exact) mass is 154 g/mol. The van der Waals surface area contributed by atoms with Crippen LogP contribution in [0, 0.1) is 11.3 Å².